The van der Waals surface area contributed by atoms with E-state index in [-0.39, 0.29) is 42.0 Å². The van der Waals surface area contributed by atoms with Gasteiger partial charge in [0, 0.05) is 31.7 Å². The first kappa shape index (κ1) is 25.1. The van der Waals surface area contributed by atoms with E-state index in [1.165, 1.54) is 11.1 Å². The number of likely N-dealkylation sites (N-methyl/N-ethyl adjacent to an activating group) is 1. The predicted molar refractivity (Wildman–Crippen MR) is 127 cm³/mol. The van der Waals surface area contributed by atoms with E-state index in [9.17, 15) is 5.11 Å². The maximum Gasteiger partial charge on any atom is 0.191 e. The van der Waals surface area contributed by atoms with E-state index in [0.717, 1.165) is 38.5 Å². The molecule has 6 nitrogen and oxygen atoms in total. The highest BCUT2D eigenvalue weighted by atomic mass is 127. The van der Waals surface area contributed by atoms with Gasteiger partial charge in [0.1, 0.15) is 0 Å². The summed E-state index contributed by atoms with van der Waals surface area (Å²) < 4.78 is 5.57. The van der Waals surface area contributed by atoms with Crippen LogP contribution in [0.25, 0.3) is 0 Å². The molecule has 0 aliphatic carbocycles. The van der Waals surface area contributed by atoms with E-state index in [4.69, 9.17) is 9.73 Å². The predicted octanol–water partition coefficient (Wildman–Crippen LogP) is 2.56. The molecule has 1 aromatic rings. The fourth-order valence-electron chi connectivity index (χ4n) is 3.46. The second kappa shape index (κ2) is 12.6. The third-order valence-corrected chi connectivity index (χ3v) is 5.29. The summed E-state index contributed by atoms with van der Waals surface area (Å²) in [7, 11) is 4.20. The number of rotatable bonds is 9. The maximum absolute atomic E-state index is 9.40. The van der Waals surface area contributed by atoms with Gasteiger partial charge in [0.05, 0.1) is 19.2 Å². The quantitative estimate of drug-likeness (QED) is 0.274. The van der Waals surface area contributed by atoms with Crippen LogP contribution >= 0.6 is 24.0 Å². The topological polar surface area (TPSA) is 69.1 Å². The SMILES string of the molecule is CCNC(=NCC1(CCO)CCOC1)NCC(c1ccc(C)cc1)N(C)C.I. The second-order valence-electron chi connectivity index (χ2n) is 7.74. The van der Waals surface area contributed by atoms with Gasteiger partial charge >= 0.3 is 0 Å². The van der Waals surface area contributed by atoms with Gasteiger partial charge in [-0.2, -0.15) is 0 Å². The van der Waals surface area contributed by atoms with Crippen LogP contribution in [0.3, 0.4) is 0 Å². The number of aliphatic imine (C=N–C) groups is 1. The first-order chi connectivity index (χ1) is 13.0. The molecule has 1 aliphatic heterocycles. The van der Waals surface area contributed by atoms with Crippen LogP contribution in [0.1, 0.15) is 36.9 Å². The van der Waals surface area contributed by atoms with E-state index in [1.54, 1.807) is 0 Å². The monoisotopic (exact) mass is 504 g/mol. The fourth-order valence-corrected chi connectivity index (χ4v) is 3.46. The van der Waals surface area contributed by atoms with Gasteiger partial charge in [-0.15, -0.1) is 24.0 Å². The van der Waals surface area contributed by atoms with Crippen molar-refractivity contribution in [1.82, 2.24) is 15.5 Å². The van der Waals surface area contributed by atoms with Crippen LogP contribution in [0.5, 0.6) is 0 Å². The highest BCUT2D eigenvalue weighted by Gasteiger charge is 2.34. The summed E-state index contributed by atoms with van der Waals surface area (Å²) in [5.41, 5.74) is 2.52. The number of ether oxygens (including phenoxy) is 1. The van der Waals surface area contributed by atoms with Crippen molar-refractivity contribution in [2.24, 2.45) is 10.4 Å². The molecule has 160 valence electrons. The molecule has 7 heteroatoms. The van der Waals surface area contributed by atoms with Crippen LogP contribution in [0.15, 0.2) is 29.3 Å². The first-order valence-corrected chi connectivity index (χ1v) is 9.93. The van der Waals surface area contributed by atoms with Gasteiger partial charge in [-0.05, 0) is 46.3 Å². The zero-order chi connectivity index (χ0) is 19.7. The third kappa shape index (κ3) is 7.50. The largest absolute Gasteiger partial charge is 0.396 e. The summed E-state index contributed by atoms with van der Waals surface area (Å²) in [5.74, 6) is 0.820. The number of aliphatic hydroxyl groups excluding tert-OH is 1. The molecule has 1 aliphatic rings. The van der Waals surface area contributed by atoms with Crippen LogP contribution in [0, 0.1) is 12.3 Å². The van der Waals surface area contributed by atoms with Gasteiger partial charge in [0.2, 0.25) is 0 Å². The molecule has 0 bridgehead atoms. The van der Waals surface area contributed by atoms with Gasteiger partial charge in [-0.1, -0.05) is 29.8 Å². The van der Waals surface area contributed by atoms with Crippen LogP contribution in [0.2, 0.25) is 0 Å². The Morgan fingerprint density at radius 1 is 1.29 bits per heavy atom. The molecule has 2 atom stereocenters. The molecule has 2 rings (SSSR count). The third-order valence-electron chi connectivity index (χ3n) is 5.29. The summed E-state index contributed by atoms with van der Waals surface area (Å²) in [6.07, 6.45) is 1.69. The van der Waals surface area contributed by atoms with E-state index in [2.05, 4.69) is 67.7 Å². The highest BCUT2D eigenvalue weighted by Crippen LogP contribution is 2.32. The highest BCUT2D eigenvalue weighted by molar-refractivity contribution is 14.0. The molecule has 1 aromatic carbocycles. The number of aliphatic hydroxyl groups is 1. The molecule has 0 amide bonds. The lowest BCUT2D eigenvalue weighted by Gasteiger charge is -2.27. The molecule has 0 aromatic heterocycles. The molecule has 28 heavy (non-hydrogen) atoms. The van der Waals surface area contributed by atoms with Gasteiger partial charge in [0.15, 0.2) is 5.96 Å². The summed E-state index contributed by atoms with van der Waals surface area (Å²) in [5, 5.41) is 16.2. The average molecular weight is 504 g/mol. The Morgan fingerprint density at radius 3 is 2.54 bits per heavy atom. The number of nitrogens with one attached hydrogen (secondary N) is 2. The normalized spacial score (nSPS) is 20.7. The van der Waals surface area contributed by atoms with E-state index < -0.39 is 0 Å². The smallest absolute Gasteiger partial charge is 0.191 e. The molecule has 0 saturated carbocycles. The van der Waals surface area contributed by atoms with E-state index in [0.29, 0.717) is 13.2 Å². The second-order valence-corrected chi connectivity index (χ2v) is 7.74. The zero-order valence-electron chi connectivity index (χ0n) is 17.7. The molecule has 1 saturated heterocycles. The molecule has 1 heterocycles. The Morgan fingerprint density at radius 2 is 2.00 bits per heavy atom. The molecule has 0 radical (unpaired) electrons. The standard InChI is InChI=1S/C21H36N4O2.HI/c1-5-22-20(24-15-21(10-12-26)11-13-27-16-21)23-14-19(25(3)4)18-8-6-17(2)7-9-18;/h6-9,19,26H,5,10-16H2,1-4H3,(H2,22,23,24);1H. The number of halogens is 1. The van der Waals surface area contributed by atoms with Crippen molar-refractivity contribution >= 4 is 29.9 Å². The summed E-state index contributed by atoms with van der Waals surface area (Å²) in [6.45, 7) is 8.05. The Hall–Kier alpha value is -0.900. The summed E-state index contributed by atoms with van der Waals surface area (Å²) >= 11 is 0. The number of benzene rings is 1. The van der Waals surface area contributed by atoms with Crippen molar-refractivity contribution in [3.8, 4) is 0 Å². The number of hydrogen-bond donors (Lipinski definition) is 3. The Balaban J connectivity index is 0.00000392. The number of aryl methyl sites for hydroxylation is 1. The molecule has 2 unspecified atom stereocenters. The summed E-state index contributed by atoms with van der Waals surface area (Å²) in [6, 6.07) is 8.96. The van der Waals surface area contributed by atoms with Gasteiger partial charge in [-0.3, -0.25) is 4.99 Å². The lowest BCUT2D eigenvalue weighted by molar-refractivity contribution is 0.131. The van der Waals surface area contributed by atoms with E-state index >= 15 is 0 Å². The van der Waals surface area contributed by atoms with Crippen LogP contribution < -0.4 is 10.6 Å². The van der Waals surface area contributed by atoms with E-state index in [1.807, 2.05) is 0 Å². The van der Waals surface area contributed by atoms with Gasteiger partial charge in [-0.25, -0.2) is 0 Å². The molecular weight excluding hydrogens is 467 g/mol. The Bertz CT molecular complexity index is 587. The number of nitrogens with zero attached hydrogens (tertiary/aromatic N) is 2. The first-order valence-electron chi connectivity index (χ1n) is 9.93. The number of guanidine groups is 1. The summed E-state index contributed by atoms with van der Waals surface area (Å²) in [4.78, 5) is 7.03. The Kier molecular flexibility index (Phi) is 11.3. The molecule has 1 fully saturated rings. The Labute approximate surface area is 187 Å². The fraction of sp³-hybridized carbons (Fsp3) is 0.667. The van der Waals surface area contributed by atoms with Crippen molar-refractivity contribution in [2.45, 2.75) is 32.7 Å². The lowest BCUT2D eigenvalue weighted by Crippen LogP contribution is -2.42. The minimum atomic E-state index is -0.0327. The molecule has 3 N–H and O–H groups in total. The van der Waals surface area contributed by atoms with Gasteiger partial charge in [0.25, 0.3) is 0 Å². The minimum Gasteiger partial charge on any atom is -0.396 e. The molecule has 0 spiro atoms. The van der Waals surface area contributed by atoms with Crippen molar-refractivity contribution in [3.05, 3.63) is 35.4 Å². The van der Waals surface area contributed by atoms with Crippen molar-refractivity contribution in [1.29, 1.82) is 0 Å². The lowest BCUT2D eigenvalue weighted by atomic mass is 9.84. The molecular formula is C21H37IN4O2. The minimum absolute atomic E-state index is 0. The van der Waals surface area contributed by atoms with Gasteiger partial charge < -0.3 is 25.4 Å². The van der Waals surface area contributed by atoms with Crippen LogP contribution in [-0.4, -0.2) is 69.5 Å². The van der Waals surface area contributed by atoms with Crippen molar-refractivity contribution < 1.29 is 9.84 Å². The zero-order valence-corrected chi connectivity index (χ0v) is 20.0. The average Bonchev–Trinajstić information content (AvgIpc) is 3.10. The maximum atomic E-state index is 9.40. The van der Waals surface area contributed by atoms with Crippen LogP contribution in [-0.2, 0) is 4.74 Å². The number of hydrogen-bond acceptors (Lipinski definition) is 4. The van der Waals surface area contributed by atoms with Crippen LogP contribution in [0.4, 0.5) is 0 Å². The van der Waals surface area contributed by atoms with Crippen molar-refractivity contribution in [2.75, 3.05) is 53.6 Å². The van der Waals surface area contributed by atoms with Crippen molar-refractivity contribution in [3.63, 3.8) is 0 Å².